The minimum absolute atomic E-state index is 0.0573. The Bertz CT molecular complexity index is 797. The van der Waals surface area contributed by atoms with Crippen LogP contribution in [0.4, 0.5) is 4.79 Å². The highest BCUT2D eigenvalue weighted by Gasteiger charge is 2.38. The summed E-state index contributed by atoms with van der Waals surface area (Å²) in [6, 6.07) is 5.85. The van der Waals surface area contributed by atoms with Crippen molar-refractivity contribution in [3.05, 3.63) is 41.9 Å². The maximum atomic E-state index is 12.5. The third-order valence-corrected chi connectivity index (χ3v) is 4.31. The Hall–Kier alpha value is -2.63. The normalized spacial score (nSPS) is 16.8. The fourth-order valence-electron chi connectivity index (χ4n) is 3.03. The summed E-state index contributed by atoms with van der Waals surface area (Å²) in [5.74, 6) is 0.726. The number of ether oxygens (including phenoxy) is 2. The summed E-state index contributed by atoms with van der Waals surface area (Å²) in [5, 5.41) is 0. The zero-order chi connectivity index (χ0) is 18.9. The summed E-state index contributed by atoms with van der Waals surface area (Å²) < 4.78 is 11.2. The average molecular weight is 355 g/mol. The van der Waals surface area contributed by atoms with Crippen molar-refractivity contribution in [2.75, 3.05) is 13.7 Å². The molecule has 1 aromatic heterocycles. The molecule has 1 amide bonds. The van der Waals surface area contributed by atoms with Crippen molar-refractivity contribution in [1.29, 1.82) is 0 Å². The number of likely N-dealkylation sites (tertiary alicyclic amines) is 1. The fraction of sp³-hybridized carbons (Fsp3) is 0.450. The number of carbonyl (C=O) groups is 1. The minimum atomic E-state index is -0.513. The molecule has 0 saturated carbocycles. The van der Waals surface area contributed by atoms with Gasteiger partial charge in [0.1, 0.15) is 11.4 Å². The summed E-state index contributed by atoms with van der Waals surface area (Å²) >= 11 is 0. The molecule has 0 aliphatic carbocycles. The number of rotatable bonds is 3. The molecular weight excluding hydrogens is 330 g/mol. The lowest BCUT2D eigenvalue weighted by Gasteiger charge is -2.42. The van der Waals surface area contributed by atoms with E-state index in [1.807, 2.05) is 45.9 Å². The maximum absolute atomic E-state index is 12.5. The SMILES string of the molecule is COc1c(-c2cnc(C)cn2)cccc1C1CCN1C(=O)OC(C)(C)C. The summed E-state index contributed by atoms with van der Waals surface area (Å²) in [6.45, 7) is 8.19. The highest BCUT2D eigenvalue weighted by atomic mass is 16.6. The predicted molar refractivity (Wildman–Crippen MR) is 99.1 cm³/mol. The summed E-state index contributed by atoms with van der Waals surface area (Å²) in [6.07, 6.45) is 4.05. The molecule has 1 aromatic carbocycles. The summed E-state index contributed by atoms with van der Waals surface area (Å²) in [4.78, 5) is 23.0. The standard InChI is InChI=1S/C20H25N3O3/c1-13-11-22-16(12-21-13)14-7-6-8-15(18(14)25-5)17-9-10-23(17)19(24)26-20(2,3)4/h6-8,11-12,17H,9-10H2,1-5H3. The van der Waals surface area contributed by atoms with Crippen molar-refractivity contribution in [2.45, 2.75) is 45.8 Å². The highest BCUT2D eigenvalue weighted by molar-refractivity contribution is 5.73. The van der Waals surface area contributed by atoms with Gasteiger partial charge in [-0.25, -0.2) is 4.79 Å². The molecule has 0 N–H and O–H groups in total. The molecule has 138 valence electrons. The van der Waals surface area contributed by atoms with E-state index in [9.17, 15) is 4.79 Å². The number of benzene rings is 1. The van der Waals surface area contributed by atoms with Gasteiger partial charge < -0.3 is 14.4 Å². The van der Waals surface area contributed by atoms with Crippen LogP contribution < -0.4 is 4.74 Å². The van der Waals surface area contributed by atoms with Crippen LogP contribution in [-0.4, -0.2) is 40.2 Å². The Balaban J connectivity index is 1.92. The van der Waals surface area contributed by atoms with E-state index < -0.39 is 5.60 Å². The molecule has 3 rings (SSSR count). The second kappa shape index (κ2) is 6.94. The Labute approximate surface area is 154 Å². The van der Waals surface area contributed by atoms with Crippen LogP contribution in [0.15, 0.2) is 30.6 Å². The number of hydrogen-bond acceptors (Lipinski definition) is 5. The van der Waals surface area contributed by atoms with Crippen LogP contribution >= 0.6 is 0 Å². The first-order valence-electron chi connectivity index (χ1n) is 8.75. The number of methoxy groups -OCH3 is 1. The Morgan fingerprint density at radius 1 is 1.23 bits per heavy atom. The van der Waals surface area contributed by atoms with Gasteiger partial charge in [0.25, 0.3) is 0 Å². The fourth-order valence-corrected chi connectivity index (χ4v) is 3.03. The van der Waals surface area contributed by atoms with Gasteiger partial charge >= 0.3 is 6.09 Å². The van der Waals surface area contributed by atoms with Crippen LogP contribution in [0, 0.1) is 6.92 Å². The first-order valence-corrected chi connectivity index (χ1v) is 8.75. The Kier molecular flexibility index (Phi) is 4.85. The van der Waals surface area contributed by atoms with Crippen LogP contribution in [-0.2, 0) is 4.74 Å². The highest BCUT2D eigenvalue weighted by Crippen LogP contribution is 2.42. The van der Waals surface area contributed by atoms with E-state index in [0.717, 1.165) is 34.7 Å². The molecule has 1 unspecified atom stereocenters. The third kappa shape index (κ3) is 3.64. The largest absolute Gasteiger partial charge is 0.496 e. The molecule has 1 saturated heterocycles. The van der Waals surface area contributed by atoms with Crippen LogP contribution in [0.1, 0.15) is 44.5 Å². The molecule has 1 aliphatic rings. The number of aromatic nitrogens is 2. The molecular formula is C20H25N3O3. The van der Waals surface area contributed by atoms with Crippen LogP contribution in [0.5, 0.6) is 5.75 Å². The Morgan fingerprint density at radius 3 is 2.54 bits per heavy atom. The molecule has 2 heterocycles. The van der Waals surface area contributed by atoms with Crippen LogP contribution in [0.25, 0.3) is 11.3 Å². The number of nitrogens with zero attached hydrogens (tertiary/aromatic N) is 3. The number of hydrogen-bond donors (Lipinski definition) is 0. The van der Waals surface area contributed by atoms with Crippen LogP contribution in [0.2, 0.25) is 0 Å². The number of para-hydroxylation sites is 1. The minimum Gasteiger partial charge on any atom is -0.496 e. The molecule has 1 fully saturated rings. The Morgan fingerprint density at radius 2 is 2.00 bits per heavy atom. The van der Waals surface area contributed by atoms with E-state index in [-0.39, 0.29) is 12.1 Å². The van der Waals surface area contributed by atoms with Crippen molar-refractivity contribution in [2.24, 2.45) is 0 Å². The molecule has 1 atom stereocenters. The van der Waals surface area contributed by atoms with Gasteiger partial charge in [0, 0.05) is 23.9 Å². The lowest BCUT2D eigenvalue weighted by molar-refractivity contribution is -0.00607. The molecule has 1 aliphatic heterocycles. The number of carbonyl (C=O) groups excluding carboxylic acids is 1. The van der Waals surface area contributed by atoms with Gasteiger partial charge in [-0.2, -0.15) is 0 Å². The quantitative estimate of drug-likeness (QED) is 0.828. The van der Waals surface area contributed by atoms with E-state index in [2.05, 4.69) is 9.97 Å². The first kappa shape index (κ1) is 18.2. The van der Waals surface area contributed by atoms with Crippen molar-refractivity contribution in [3.8, 4) is 17.0 Å². The van der Waals surface area contributed by atoms with Crippen molar-refractivity contribution in [1.82, 2.24) is 14.9 Å². The van der Waals surface area contributed by atoms with Gasteiger partial charge in [-0.3, -0.25) is 9.97 Å². The molecule has 2 aromatic rings. The predicted octanol–water partition coefficient (Wildman–Crippen LogP) is 4.14. The molecule has 6 heteroatoms. The smallest absolute Gasteiger partial charge is 0.410 e. The average Bonchev–Trinajstić information content (AvgIpc) is 2.52. The van der Waals surface area contributed by atoms with Crippen molar-refractivity contribution < 1.29 is 14.3 Å². The second-order valence-corrected chi connectivity index (χ2v) is 7.45. The zero-order valence-corrected chi connectivity index (χ0v) is 15.9. The van der Waals surface area contributed by atoms with Gasteiger partial charge in [0.05, 0.1) is 30.7 Å². The third-order valence-electron chi connectivity index (χ3n) is 4.31. The first-order chi connectivity index (χ1) is 12.3. The van der Waals surface area contributed by atoms with Crippen molar-refractivity contribution >= 4 is 6.09 Å². The molecule has 0 radical (unpaired) electrons. The van der Waals surface area contributed by atoms with Gasteiger partial charge in [0.15, 0.2) is 0 Å². The number of aryl methyl sites for hydroxylation is 1. The van der Waals surface area contributed by atoms with Gasteiger partial charge in [-0.15, -0.1) is 0 Å². The van der Waals surface area contributed by atoms with E-state index in [1.54, 1.807) is 24.4 Å². The maximum Gasteiger partial charge on any atom is 0.410 e. The molecule has 26 heavy (non-hydrogen) atoms. The van der Waals surface area contributed by atoms with Gasteiger partial charge in [0.2, 0.25) is 0 Å². The lowest BCUT2D eigenvalue weighted by Crippen LogP contribution is -2.47. The zero-order valence-electron chi connectivity index (χ0n) is 15.9. The topological polar surface area (TPSA) is 64.6 Å². The van der Waals surface area contributed by atoms with Gasteiger partial charge in [-0.05, 0) is 40.2 Å². The van der Waals surface area contributed by atoms with E-state index in [0.29, 0.717) is 6.54 Å². The number of amides is 1. The van der Waals surface area contributed by atoms with Crippen molar-refractivity contribution in [3.63, 3.8) is 0 Å². The lowest BCUT2D eigenvalue weighted by atomic mass is 9.92. The van der Waals surface area contributed by atoms with E-state index >= 15 is 0 Å². The summed E-state index contributed by atoms with van der Waals surface area (Å²) in [7, 11) is 1.64. The summed E-state index contributed by atoms with van der Waals surface area (Å²) in [5.41, 5.74) is 2.93. The van der Waals surface area contributed by atoms with E-state index in [4.69, 9.17) is 9.47 Å². The monoisotopic (exact) mass is 355 g/mol. The van der Waals surface area contributed by atoms with E-state index in [1.165, 1.54) is 0 Å². The second-order valence-electron chi connectivity index (χ2n) is 7.45. The molecule has 0 bridgehead atoms. The van der Waals surface area contributed by atoms with Crippen LogP contribution in [0.3, 0.4) is 0 Å². The molecule has 6 nitrogen and oxygen atoms in total. The molecule has 0 spiro atoms. The van der Waals surface area contributed by atoms with Gasteiger partial charge in [-0.1, -0.05) is 12.1 Å².